The number of nitrogens with zero attached hydrogens (tertiary/aromatic N) is 8. The van der Waals surface area contributed by atoms with Gasteiger partial charge in [-0.2, -0.15) is 46.9 Å². The maximum atomic E-state index is 13.2. The third kappa shape index (κ3) is 5.15. The molecule has 0 radical (unpaired) electrons. The summed E-state index contributed by atoms with van der Waals surface area (Å²) in [5.74, 6) is 0. The predicted octanol–water partition coefficient (Wildman–Crippen LogP) is 9.20. The molecule has 0 atom stereocenters. The Bertz CT molecular complexity index is 3030. The number of hydrogen-bond acceptors (Lipinski definition) is 8. The molecule has 8 nitrogen and oxygen atoms in total. The minimum atomic E-state index is -4.47. The second-order valence-corrected chi connectivity index (χ2v) is 12.5. The average Bonchev–Trinajstić information content (AvgIpc) is 3.61. The van der Waals surface area contributed by atoms with Gasteiger partial charge in [-0.05, 0) is 70.8 Å². The number of alkyl halides is 6. The molecule has 0 N–H and O–H groups in total. The molecular weight excluding hydrogens is 706 g/mol. The Morgan fingerprint density at radius 1 is 0.407 bits per heavy atom. The minimum Gasteiger partial charge on any atom is -0.244 e. The van der Waals surface area contributed by atoms with Gasteiger partial charge in [-0.3, -0.25) is 0 Å². The second-order valence-electron chi connectivity index (χ2n) is 12.5. The van der Waals surface area contributed by atoms with E-state index >= 15 is 0 Å². The van der Waals surface area contributed by atoms with Gasteiger partial charge in [0.1, 0.15) is 21.7 Å². The molecule has 0 amide bonds. The van der Waals surface area contributed by atoms with E-state index in [1.54, 1.807) is 48.5 Å². The second kappa shape index (κ2) is 11.6. The van der Waals surface area contributed by atoms with Crippen molar-refractivity contribution >= 4 is 65.7 Å². The minimum absolute atomic E-state index is 0.265. The van der Waals surface area contributed by atoms with Crippen LogP contribution in [0, 0.1) is 22.9 Å². The molecule has 2 aromatic heterocycles. The van der Waals surface area contributed by atoms with E-state index in [1.807, 2.05) is 12.4 Å². The maximum absolute atomic E-state index is 13.2. The molecule has 0 aliphatic carbocycles. The van der Waals surface area contributed by atoms with Gasteiger partial charge in [-0.25, -0.2) is 19.9 Å². The van der Waals surface area contributed by atoms with E-state index in [0.29, 0.717) is 87.9 Å². The smallest absolute Gasteiger partial charge is 0.244 e. The molecular formula is C40H16F6N8. The highest BCUT2D eigenvalue weighted by atomic mass is 19.4. The zero-order valence-electron chi connectivity index (χ0n) is 27.1. The van der Waals surface area contributed by atoms with Gasteiger partial charge in [0.25, 0.3) is 0 Å². The van der Waals surface area contributed by atoms with Crippen LogP contribution in [0.2, 0.25) is 0 Å². The number of hydrogen-bond donors (Lipinski definition) is 0. The van der Waals surface area contributed by atoms with Crippen LogP contribution in [0.25, 0.3) is 87.9 Å². The van der Waals surface area contributed by atoms with Gasteiger partial charge in [0, 0.05) is 21.5 Å². The molecule has 54 heavy (non-hydrogen) atoms. The third-order valence-electron chi connectivity index (χ3n) is 9.37. The number of halogens is 6. The maximum Gasteiger partial charge on any atom is 0.416 e. The monoisotopic (exact) mass is 722 g/mol. The van der Waals surface area contributed by atoms with E-state index in [4.69, 9.17) is 19.9 Å². The zero-order valence-corrected chi connectivity index (χ0v) is 27.1. The summed E-state index contributed by atoms with van der Waals surface area (Å²) in [4.78, 5) is 27.5. The Kier molecular flexibility index (Phi) is 7.00. The van der Waals surface area contributed by atoms with Crippen LogP contribution in [0.4, 0.5) is 26.3 Å². The highest BCUT2D eigenvalue weighted by molar-refractivity contribution is 6.13. The third-order valence-corrected chi connectivity index (χ3v) is 9.37. The average molecular weight is 723 g/mol. The van der Waals surface area contributed by atoms with Crippen LogP contribution in [0.3, 0.4) is 0 Å². The molecule has 0 spiro atoms. The molecule has 0 unspecified atom stereocenters. The van der Waals surface area contributed by atoms with E-state index in [2.05, 4.69) is 9.98 Å². The Morgan fingerprint density at radius 2 is 0.741 bits per heavy atom. The van der Waals surface area contributed by atoms with Gasteiger partial charge in [0.05, 0.1) is 44.2 Å². The van der Waals surface area contributed by atoms with Crippen molar-refractivity contribution in [1.29, 1.82) is 10.5 Å². The summed E-state index contributed by atoms with van der Waals surface area (Å²) in [5.41, 5.74) is 4.13. The quantitative estimate of drug-likeness (QED) is 0.0996. The largest absolute Gasteiger partial charge is 0.416 e. The highest BCUT2D eigenvalue weighted by Crippen LogP contribution is 2.35. The van der Waals surface area contributed by atoms with Crippen molar-refractivity contribution in [1.82, 2.24) is 19.9 Å². The van der Waals surface area contributed by atoms with Crippen molar-refractivity contribution < 1.29 is 26.3 Å². The Balaban J connectivity index is 1.21. The fourth-order valence-corrected chi connectivity index (χ4v) is 6.85. The SMILES string of the molecule is N#CN=c1c2cc(-c3ccc(C(F)(F)F)cc3)ccc2c2nc3cc4nc5c(=NC#N)c6cc(-c7ccc(C(F)(F)F)cc7)ccc6c5nc4cc3nc12. The topological polar surface area (TPSA) is 124 Å². The summed E-state index contributed by atoms with van der Waals surface area (Å²) in [7, 11) is 0. The molecule has 0 bridgehead atoms. The van der Waals surface area contributed by atoms with Crippen LogP contribution in [0.1, 0.15) is 11.1 Å². The fourth-order valence-electron chi connectivity index (χ4n) is 6.85. The number of rotatable bonds is 2. The Hall–Kier alpha value is -7.32. The van der Waals surface area contributed by atoms with Crippen LogP contribution in [-0.2, 0) is 12.4 Å². The fraction of sp³-hybridized carbons (Fsp3) is 0.0500. The standard InChI is InChI=1S/C40H16F6N8/c41-39(42,43)23-7-1-19(2-8-23)21-5-11-25-27(13-21)33(49-17-47)37-35(25)51-29-15-32-30(16-31(29)53-37)52-36-26-12-6-22(14-28(26)34(50-18-48)38(36)54-32)20-3-9-24(10-4-20)40(44,45)46/h1-16H. The van der Waals surface area contributed by atoms with Gasteiger partial charge < -0.3 is 0 Å². The van der Waals surface area contributed by atoms with Crippen molar-refractivity contribution in [2.75, 3.05) is 0 Å². The van der Waals surface area contributed by atoms with Crippen LogP contribution in [0.5, 0.6) is 0 Å². The first-order valence-corrected chi connectivity index (χ1v) is 16.0. The molecule has 258 valence electrons. The van der Waals surface area contributed by atoms with Crippen molar-refractivity contribution in [3.8, 4) is 34.6 Å². The van der Waals surface area contributed by atoms with Gasteiger partial charge in [-0.15, -0.1) is 0 Å². The first-order valence-electron chi connectivity index (χ1n) is 16.0. The Labute approximate surface area is 298 Å². The summed E-state index contributed by atoms with van der Waals surface area (Å²) in [6.07, 6.45) is -5.30. The van der Waals surface area contributed by atoms with Gasteiger partial charge >= 0.3 is 12.4 Å². The normalized spacial score (nSPS) is 13.2. The van der Waals surface area contributed by atoms with Crippen molar-refractivity contribution in [3.63, 3.8) is 0 Å². The molecule has 2 heterocycles. The van der Waals surface area contributed by atoms with Crippen molar-refractivity contribution in [2.45, 2.75) is 12.4 Å². The van der Waals surface area contributed by atoms with Crippen molar-refractivity contribution in [2.24, 2.45) is 9.98 Å². The van der Waals surface area contributed by atoms with Crippen LogP contribution < -0.4 is 10.7 Å². The molecule has 0 aliphatic rings. The molecule has 14 heteroatoms. The molecule has 0 saturated heterocycles. The lowest BCUT2D eigenvalue weighted by molar-refractivity contribution is -0.138. The van der Waals surface area contributed by atoms with Gasteiger partial charge in [0.15, 0.2) is 0 Å². The van der Waals surface area contributed by atoms with E-state index in [1.165, 1.54) is 24.3 Å². The van der Waals surface area contributed by atoms with E-state index in [-0.39, 0.29) is 10.7 Å². The summed E-state index contributed by atoms with van der Waals surface area (Å²) in [5, 5.41) is 22.1. The zero-order chi connectivity index (χ0) is 37.5. The lowest BCUT2D eigenvalue weighted by Gasteiger charge is -2.08. The molecule has 9 rings (SSSR count). The van der Waals surface area contributed by atoms with Crippen LogP contribution in [0.15, 0.2) is 107 Å². The number of aromatic nitrogens is 4. The predicted molar refractivity (Wildman–Crippen MR) is 188 cm³/mol. The molecule has 0 saturated carbocycles. The van der Waals surface area contributed by atoms with Gasteiger partial charge in [0.2, 0.25) is 12.4 Å². The number of benzene rings is 5. The molecule has 9 aromatic rings. The molecule has 0 fully saturated rings. The lowest BCUT2D eigenvalue weighted by Crippen LogP contribution is -2.04. The van der Waals surface area contributed by atoms with E-state index < -0.39 is 23.5 Å². The van der Waals surface area contributed by atoms with E-state index in [9.17, 15) is 36.9 Å². The lowest BCUT2D eigenvalue weighted by atomic mass is 10.0. The van der Waals surface area contributed by atoms with Crippen LogP contribution in [-0.4, -0.2) is 19.9 Å². The first kappa shape index (κ1) is 32.6. The highest BCUT2D eigenvalue weighted by Gasteiger charge is 2.31. The first-order chi connectivity index (χ1) is 25.9. The molecule has 7 aromatic carbocycles. The molecule has 0 aliphatic heterocycles. The Morgan fingerprint density at radius 3 is 1.07 bits per heavy atom. The summed E-state index contributed by atoms with van der Waals surface area (Å²) in [6.45, 7) is 0. The number of fused-ring (bicyclic) bond motifs is 8. The van der Waals surface area contributed by atoms with Gasteiger partial charge in [-0.1, -0.05) is 48.5 Å². The van der Waals surface area contributed by atoms with Crippen molar-refractivity contribution in [3.05, 3.63) is 119 Å². The summed E-state index contributed by atoms with van der Waals surface area (Å²) >= 11 is 0. The number of nitriles is 2. The summed E-state index contributed by atoms with van der Waals surface area (Å²) in [6, 6.07) is 23.4. The van der Waals surface area contributed by atoms with Crippen LogP contribution >= 0.6 is 0 Å². The van der Waals surface area contributed by atoms with E-state index in [0.717, 1.165) is 24.3 Å². The summed E-state index contributed by atoms with van der Waals surface area (Å²) < 4.78 is 79.0.